The number of fused-ring (bicyclic) bond motifs is 1. The molecular formula is C100H138BBr2Cl5N14O7S3Sn. The molecule has 0 saturated carbocycles. The summed E-state index contributed by atoms with van der Waals surface area (Å²) in [5.74, 6) is 1.80. The van der Waals surface area contributed by atoms with Gasteiger partial charge in [-0.3, -0.25) is 42.5 Å². The predicted octanol–water partition coefficient (Wildman–Crippen LogP) is 26.4. The maximum atomic E-state index is 12.3. The van der Waals surface area contributed by atoms with E-state index in [-0.39, 0.29) is 37.9 Å². The number of unbranched alkanes of at least 4 members (excludes halogenated alkanes) is 3. The van der Waals surface area contributed by atoms with Gasteiger partial charge in [-0.1, -0.05) is 90.1 Å². The molecule has 0 radical (unpaired) electrons. The van der Waals surface area contributed by atoms with E-state index in [0.29, 0.717) is 59.7 Å². The third kappa shape index (κ3) is 43.2. The molecule has 11 rings (SSSR count). The Morgan fingerprint density at radius 3 is 1.27 bits per heavy atom. The minimum Gasteiger partial charge on any atom is -0.423 e. The van der Waals surface area contributed by atoms with Gasteiger partial charge in [0, 0.05) is 161 Å². The molecule has 6 unspecified atom stereocenters. The van der Waals surface area contributed by atoms with Crippen LogP contribution in [0.2, 0.25) is 39.1 Å². The first-order valence-corrected chi connectivity index (χ1v) is 59.0. The van der Waals surface area contributed by atoms with Crippen molar-refractivity contribution in [2.45, 2.75) is 271 Å². The van der Waals surface area contributed by atoms with Gasteiger partial charge in [-0.2, -0.15) is 4.40 Å². The van der Waals surface area contributed by atoms with Crippen LogP contribution in [0.3, 0.4) is 0 Å². The molecule has 0 amide bonds. The molecule has 0 saturated heterocycles. The smallest absolute Gasteiger partial charge is 0.423 e. The fraction of sp³-hybridized carbons (Fsp3) is 0.450. The van der Waals surface area contributed by atoms with E-state index in [4.69, 9.17) is 78.5 Å². The Morgan fingerprint density at radius 1 is 0.504 bits per heavy atom. The van der Waals surface area contributed by atoms with Crippen LogP contribution in [0.25, 0.3) is 28.2 Å². The summed E-state index contributed by atoms with van der Waals surface area (Å²) in [4.78, 5) is 56.2. The summed E-state index contributed by atoms with van der Waals surface area (Å²) in [6.07, 6.45) is 28.7. The molecular weight excluding hydrogens is 2070 g/mol. The fourth-order valence-electron chi connectivity index (χ4n) is 12.3. The number of imidazole rings is 1. The molecule has 0 aromatic carbocycles. The normalized spacial score (nSPS) is 12.6. The average molecular weight is 2210 g/mol. The molecule has 0 aliphatic heterocycles. The number of carbonyl (C=O) groups excluding carboxylic acids is 1. The Morgan fingerprint density at radius 2 is 0.902 bits per heavy atom. The van der Waals surface area contributed by atoms with E-state index in [1.54, 1.807) is 68.5 Å². The Bertz CT molecular complexity index is 5630. The van der Waals surface area contributed by atoms with Gasteiger partial charge >= 0.3 is 127 Å². The molecule has 133 heavy (non-hydrogen) atoms. The predicted molar refractivity (Wildman–Crippen MR) is 573 cm³/mol. The number of pyridine rings is 9. The van der Waals surface area contributed by atoms with Gasteiger partial charge in [0.15, 0.2) is 16.6 Å². The van der Waals surface area contributed by atoms with Gasteiger partial charge in [0.2, 0.25) is 0 Å². The van der Waals surface area contributed by atoms with Crippen molar-refractivity contribution >= 4 is 171 Å². The zero-order valence-electron chi connectivity index (χ0n) is 82.6. The number of rotatable bonds is 25. The van der Waals surface area contributed by atoms with Crippen molar-refractivity contribution in [2.24, 2.45) is 10.1 Å². The number of ether oxygens (including phenoxy) is 1. The number of Topliss-reactive ketones (excluding diaryl/α,β-unsaturated/α-hetero) is 1. The monoisotopic (exact) mass is 2210 g/mol. The van der Waals surface area contributed by atoms with E-state index < -0.39 is 58.1 Å². The third-order valence-electron chi connectivity index (χ3n) is 20.5. The Balaban J connectivity index is 0.000000390. The summed E-state index contributed by atoms with van der Waals surface area (Å²) in [6.45, 7) is 58.9. The fourth-order valence-corrected chi connectivity index (χ4v) is 31.3. The maximum Gasteiger partial charge on any atom is 0.488 e. The second-order valence-corrected chi connectivity index (χ2v) is 58.6. The third-order valence-corrected chi connectivity index (χ3v) is 44.2. The van der Waals surface area contributed by atoms with Gasteiger partial charge in [-0.25, -0.2) is 34.1 Å². The van der Waals surface area contributed by atoms with Crippen molar-refractivity contribution in [1.82, 2.24) is 59.2 Å². The Labute approximate surface area is 846 Å². The minimum atomic E-state index is -2.24. The maximum absolute atomic E-state index is 12.3. The summed E-state index contributed by atoms with van der Waals surface area (Å²) in [5, 5.41) is 19.8. The first kappa shape index (κ1) is 121. The zero-order valence-corrected chi connectivity index (χ0v) is 94.8. The number of carbonyl (C=O) groups is 1. The molecule has 11 aromatic rings. The molecule has 0 fully saturated rings. The standard InChI is InChI=1S/C19H26N2OS.C14H17N3.C13H20ClNOS.C12H17ClN2OS.C8H8ClNO.C6H8BNO2.C6H3BrClN3.C6H5BrClN.C4H7O.3C4H9.Sn/c1-13-9-17(14(2)12-23(22)19(4,5)6)11-21-18(13)16-7-8-20-15(3)10-16;1-9-6-13(11(3)15)8-17-14(9)12-4-5-16-10(2)7-12;1-9-6-11(7-15-12(9)14)10(2)8-17(16)13(3,4)5;1-8-6-10(7-14-11(8)13)9(2)15-17(16)12(3,4)5;1-5-3-7(6(2)11)4-10-8(5)9;1-5-4-6(7(9)10)2-3-8-5;7-4-3-10-6-5(8)9-1-2-11(4)6;1-4-2-5(7)3-9-6(4)8;1-3-5-4-2;3*1-3-4-2;/h7-11,14H,12H2,1-6H3;4-8,11H,15H2,1-3H3;6-7,10H,8H2,1-5H3;6-7H,1-5H3;3-4H,1-2H3;2-4,9-10H,1H3;1-3H;2-3H,1H3;1,4H2,2H3;3*1,3-4H2,2H3;. The van der Waals surface area contributed by atoms with Crippen molar-refractivity contribution in [1.29, 1.82) is 0 Å². The van der Waals surface area contributed by atoms with E-state index in [2.05, 4.69) is 165 Å². The number of aryl methyl sites for hydroxylation is 9. The van der Waals surface area contributed by atoms with Crippen molar-refractivity contribution in [3.05, 3.63) is 271 Å². The van der Waals surface area contributed by atoms with E-state index in [9.17, 15) is 17.4 Å². The number of aromatic nitrogens is 12. The van der Waals surface area contributed by atoms with E-state index in [0.717, 1.165) is 111 Å². The summed E-state index contributed by atoms with van der Waals surface area (Å²) in [7, 11) is -4.34. The summed E-state index contributed by atoms with van der Waals surface area (Å²) in [5.41, 5.74) is 25.4. The number of nitrogens with two attached hydrogens (primary N) is 1. The Hall–Kier alpha value is -6.55. The molecule has 33 heteroatoms. The van der Waals surface area contributed by atoms with Gasteiger partial charge in [-0.15, -0.1) is 0 Å². The SMILES string of the molecule is C=[C](OCC)[Sn]([CH2]CCC)([CH2]CCC)[CH2]CCC.CC(=NS(=O)C(C)(C)C)c1cnc(Cl)c(C)c1.CC(=O)c1cnc(Cl)c(C)c1.Cc1cc(-c2ncc(C(C)CS(=O)C(C)(C)C)cc2C)ccn1.Cc1cc(-c2ncc(C(C)N)cc2C)ccn1.Cc1cc(B(O)O)ccn1.Cc1cc(Br)cnc1Cl.Cc1cc(C(C)CS(=O)C(C)(C)C)cnc1Cl.Clc1nccn2c(Br)cnc12. The van der Waals surface area contributed by atoms with Crippen LogP contribution in [0.15, 0.2) is 171 Å². The number of ketones is 1. The molecule has 4 N–H and O–H groups in total. The van der Waals surface area contributed by atoms with E-state index in [1.165, 1.54) is 68.7 Å². The van der Waals surface area contributed by atoms with E-state index in [1.807, 2.05) is 189 Å². The quantitative estimate of drug-likeness (QED) is 0.0157. The first-order chi connectivity index (χ1) is 62.1. The minimum absolute atomic E-state index is 0.0114. The van der Waals surface area contributed by atoms with Crippen LogP contribution in [0.5, 0.6) is 0 Å². The van der Waals surface area contributed by atoms with Crippen LogP contribution in [0.4, 0.5) is 0 Å². The van der Waals surface area contributed by atoms with Crippen LogP contribution >= 0.6 is 89.9 Å². The van der Waals surface area contributed by atoms with Crippen molar-refractivity contribution < 1.29 is 32.2 Å². The molecule has 11 heterocycles. The van der Waals surface area contributed by atoms with Gasteiger partial charge in [0.05, 0.1) is 28.0 Å². The molecule has 21 nitrogen and oxygen atoms in total. The summed E-state index contributed by atoms with van der Waals surface area (Å²) >= 11 is 33.2. The topological polar surface area (TPSA) is 303 Å². The van der Waals surface area contributed by atoms with Crippen LogP contribution in [-0.4, -0.2) is 151 Å². The van der Waals surface area contributed by atoms with E-state index >= 15 is 0 Å². The molecule has 11 aromatic heterocycles. The van der Waals surface area contributed by atoms with Crippen molar-refractivity contribution in [3.8, 4) is 22.5 Å². The van der Waals surface area contributed by atoms with Crippen LogP contribution < -0.4 is 11.2 Å². The summed E-state index contributed by atoms with van der Waals surface area (Å²) < 4.78 is 55.0. The number of hydrogen-bond acceptors (Lipinski definition) is 19. The van der Waals surface area contributed by atoms with Crippen molar-refractivity contribution in [2.75, 3.05) is 18.1 Å². The Kier molecular flexibility index (Phi) is 54.1. The molecule has 6 atom stereocenters. The van der Waals surface area contributed by atoms with Crippen LogP contribution in [0.1, 0.15) is 264 Å². The van der Waals surface area contributed by atoms with Crippen molar-refractivity contribution in [3.63, 3.8) is 0 Å². The number of nitrogens with zero attached hydrogens (tertiary/aromatic N) is 13. The van der Waals surface area contributed by atoms with Gasteiger partial charge in [0.25, 0.3) is 0 Å². The van der Waals surface area contributed by atoms with Gasteiger partial charge in [-0.05, 0) is 299 Å². The number of halogens is 7. The molecule has 0 spiro atoms. The molecule has 724 valence electrons. The largest absolute Gasteiger partial charge is 0.488 e. The van der Waals surface area contributed by atoms with Gasteiger partial charge in [0.1, 0.15) is 36.2 Å². The molecule has 0 bridgehead atoms. The molecule has 0 aliphatic rings. The average Bonchev–Trinajstić information content (AvgIpc) is 1.78. The number of hydrogen-bond donors (Lipinski definition) is 3. The second kappa shape index (κ2) is 59.7. The zero-order chi connectivity index (χ0) is 101. The van der Waals surface area contributed by atoms with Gasteiger partial charge < -0.3 is 15.8 Å². The second-order valence-electron chi connectivity index (χ2n) is 35.5. The first-order valence-electron chi connectivity index (χ1n) is 44.3. The molecule has 0 aliphatic carbocycles. The van der Waals surface area contributed by atoms with Crippen LogP contribution in [0, 0.1) is 62.3 Å². The summed E-state index contributed by atoms with van der Waals surface area (Å²) in [6, 6.07) is 23.1. The van der Waals surface area contributed by atoms with Crippen LogP contribution in [-0.2, 0) is 37.3 Å².